The predicted octanol–water partition coefficient (Wildman–Crippen LogP) is 4.62. The number of nitrogens with zero attached hydrogens (tertiary/aromatic N) is 2. The first-order chi connectivity index (χ1) is 14.0. The van der Waals surface area contributed by atoms with Gasteiger partial charge in [0, 0.05) is 49.1 Å². The van der Waals surface area contributed by atoms with Gasteiger partial charge in [-0.25, -0.2) is 0 Å². The highest BCUT2D eigenvalue weighted by molar-refractivity contribution is 6.35. The van der Waals surface area contributed by atoms with Crippen molar-refractivity contribution in [2.45, 2.75) is 32.1 Å². The third-order valence-corrected chi connectivity index (χ3v) is 5.89. The number of hydrogen-bond acceptors (Lipinski definition) is 2. The number of halogens is 2. The van der Waals surface area contributed by atoms with Crippen molar-refractivity contribution in [1.82, 2.24) is 9.80 Å². The molecule has 1 aliphatic heterocycles. The Morgan fingerprint density at radius 3 is 2.03 bits per heavy atom. The SMILES string of the molecule is O=C(CCCc1ccccc1)N1CCN(C(=O)CCc2ccc(Cl)cc2Cl)CC1. The van der Waals surface area contributed by atoms with Crippen molar-refractivity contribution in [2.75, 3.05) is 26.2 Å². The van der Waals surface area contributed by atoms with Crippen molar-refractivity contribution in [3.8, 4) is 0 Å². The second-order valence-electron chi connectivity index (χ2n) is 7.34. The van der Waals surface area contributed by atoms with Gasteiger partial charge < -0.3 is 9.80 Å². The van der Waals surface area contributed by atoms with Crippen molar-refractivity contribution in [1.29, 1.82) is 0 Å². The maximum atomic E-state index is 12.5. The van der Waals surface area contributed by atoms with Crippen molar-refractivity contribution in [3.05, 3.63) is 69.7 Å². The molecule has 0 aromatic heterocycles. The molecular weight excluding hydrogens is 407 g/mol. The van der Waals surface area contributed by atoms with E-state index >= 15 is 0 Å². The summed E-state index contributed by atoms with van der Waals surface area (Å²) in [6.45, 7) is 2.41. The number of benzene rings is 2. The fourth-order valence-electron chi connectivity index (χ4n) is 3.58. The van der Waals surface area contributed by atoms with E-state index in [0.29, 0.717) is 55.5 Å². The molecular formula is C23H26Cl2N2O2. The van der Waals surface area contributed by atoms with E-state index < -0.39 is 0 Å². The van der Waals surface area contributed by atoms with E-state index in [4.69, 9.17) is 23.2 Å². The highest BCUT2D eigenvalue weighted by Crippen LogP contribution is 2.22. The Bertz CT molecular complexity index is 834. The number of carbonyl (C=O) groups excluding carboxylic acids is 2. The molecule has 1 heterocycles. The molecule has 0 unspecified atom stereocenters. The first-order valence-electron chi connectivity index (χ1n) is 10.1. The van der Waals surface area contributed by atoms with Gasteiger partial charge in [-0.05, 0) is 42.5 Å². The third-order valence-electron chi connectivity index (χ3n) is 5.31. The Kier molecular flexibility index (Phi) is 7.96. The molecule has 0 N–H and O–H groups in total. The third kappa shape index (κ3) is 6.48. The Hall–Kier alpha value is -2.04. The van der Waals surface area contributed by atoms with E-state index in [2.05, 4.69) is 12.1 Å². The Morgan fingerprint density at radius 2 is 1.41 bits per heavy atom. The zero-order valence-electron chi connectivity index (χ0n) is 16.4. The molecule has 2 amide bonds. The zero-order chi connectivity index (χ0) is 20.6. The number of hydrogen-bond donors (Lipinski definition) is 0. The van der Waals surface area contributed by atoms with Crippen LogP contribution in [0.3, 0.4) is 0 Å². The van der Waals surface area contributed by atoms with E-state index in [1.807, 2.05) is 34.1 Å². The second-order valence-corrected chi connectivity index (χ2v) is 8.18. The van der Waals surface area contributed by atoms with Crippen LogP contribution in [0.1, 0.15) is 30.4 Å². The average Bonchev–Trinajstić information content (AvgIpc) is 2.74. The first-order valence-corrected chi connectivity index (χ1v) is 10.8. The van der Waals surface area contributed by atoms with Crippen LogP contribution < -0.4 is 0 Å². The molecule has 0 aliphatic carbocycles. The molecule has 1 saturated heterocycles. The van der Waals surface area contributed by atoms with Crippen molar-refractivity contribution >= 4 is 35.0 Å². The zero-order valence-corrected chi connectivity index (χ0v) is 18.0. The summed E-state index contributed by atoms with van der Waals surface area (Å²) in [7, 11) is 0. The van der Waals surface area contributed by atoms with E-state index in [1.165, 1.54) is 5.56 Å². The monoisotopic (exact) mass is 432 g/mol. The topological polar surface area (TPSA) is 40.6 Å². The smallest absolute Gasteiger partial charge is 0.223 e. The van der Waals surface area contributed by atoms with Crippen LogP contribution in [0.4, 0.5) is 0 Å². The Morgan fingerprint density at radius 1 is 0.793 bits per heavy atom. The molecule has 2 aromatic carbocycles. The van der Waals surface area contributed by atoms with Crippen LogP contribution in [0, 0.1) is 0 Å². The van der Waals surface area contributed by atoms with Crippen molar-refractivity contribution in [2.24, 2.45) is 0 Å². The van der Waals surface area contributed by atoms with Gasteiger partial charge in [-0.3, -0.25) is 9.59 Å². The first kappa shape index (κ1) is 21.7. The molecule has 1 aliphatic rings. The summed E-state index contributed by atoms with van der Waals surface area (Å²) in [6, 6.07) is 15.6. The molecule has 2 aromatic rings. The van der Waals surface area contributed by atoms with Crippen LogP contribution in [0.15, 0.2) is 48.5 Å². The minimum Gasteiger partial charge on any atom is -0.339 e. The Labute approximate surface area is 182 Å². The van der Waals surface area contributed by atoms with Crippen LogP contribution in [0.2, 0.25) is 10.0 Å². The molecule has 1 fully saturated rings. The lowest BCUT2D eigenvalue weighted by molar-refractivity contribution is -0.139. The second kappa shape index (κ2) is 10.7. The van der Waals surface area contributed by atoms with Gasteiger partial charge in [0.25, 0.3) is 0 Å². The minimum atomic E-state index is 0.104. The lowest BCUT2D eigenvalue weighted by Crippen LogP contribution is -2.50. The molecule has 0 radical (unpaired) electrons. The molecule has 0 saturated carbocycles. The van der Waals surface area contributed by atoms with Crippen molar-refractivity contribution < 1.29 is 9.59 Å². The summed E-state index contributed by atoms with van der Waals surface area (Å²) in [6.07, 6.45) is 3.32. The normalized spacial score (nSPS) is 14.1. The van der Waals surface area contributed by atoms with Gasteiger partial charge in [-0.1, -0.05) is 59.6 Å². The molecule has 6 heteroatoms. The van der Waals surface area contributed by atoms with Crippen LogP contribution in [-0.2, 0) is 22.4 Å². The summed E-state index contributed by atoms with van der Waals surface area (Å²) in [5.74, 6) is 0.285. The molecule has 0 atom stereocenters. The molecule has 3 rings (SSSR count). The van der Waals surface area contributed by atoms with E-state index in [-0.39, 0.29) is 11.8 Å². The lowest BCUT2D eigenvalue weighted by atomic mass is 10.1. The number of amides is 2. The number of carbonyl (C=O) groups is 2. The van der Waals surface area contributed by atoms with Crippen LogP contribution in [0.5, 0.6) is 0 Å². The number of piperazine rings is 1. The van der Waals surface area contributed by atoms with E-state index in [1.54, 1.807) is 12.1 Å². The quantitative estimate of drug-likeness (QED) is 0.640. The maximum Gasteiger partial charge on any atom is 0.223 e. The highest BCUT2D eigenvalue weighted by atomic mass is 35.5. The van der Waals surface area contributed by atoms with Gasteiger partial charge in [0.05, 0.1) is 0 Å². The average molecular weight is 433 g/mol. The van der Waals surface area contributed by atoms with Gasteiger partial charge in [0.2, 0.25) is 11.8 Å². The summed E-state index contributed by atoms with van der Waals surface area (Å²) < 4.78 is 0. The molecule has 154 valence electrons. The van der Waals surface area contributed by atoms with Crippen molar-refractivity contribution in [3.63, 3.8) is 0 Å². The van der Waals surface area contributed by atoms with Gasteiger partial charge in [0.15, 0.2) is 0 Å². The number of rotatable bonds is 7. The number of aryl methyl sites for hydroxylation is 2. The predicted molar refractivity (Wildman–Crippen MR) is 117 cm³/mol. The highest BCUT2D eigenvalue weighted by Gasteiger charge is 2.23. The van der Waals surface area contributed by atoms with Gasteiger partial charge in [-0.15, -0.1) is 0 Å². The molecule has 0 bridgehead atoms. The summed E-state index contributed by atoms with van der Waals surface area (Å²) in [5.41, 5.74) is 2.19. The van der Waals surface area contributed by atoms with Gasteiger partial charge >= 0.3 is 0 Å². The Balaban J connectivity index is 1.37. The fraction of sp³-hybridized carbons (Fsp3) is 0.391. The molecule has 29 heavy (non-hydrogen) atoms. The summed E-state index contributed by atoms with van der Waals surface area (Å²) >= 11 is 12.1. The molecule has 0 spiro atoms. The fourth-order valence-corrected chi connectivity index (χ4v) is 4.08. The van der Waals surface area contributed by atoms with E-state index in [9.17, 15) is 9.59 Å². The molecule has 4 nitrogen and oxygen atoms in total. The van der Waals surface area contributed by atoms with E-state index in [0.717, 1.165) is 18.4 Å². The summed E-state index contributed by atoms with van der Waals surface area (Å²) in [4.78, 5) is 28.7. The lowest BCUT2D eigenvalue weighted by Gasteiger charge is -2.35. The standard InChI is InChI=1S/C23H26Cl2N2O2/c24-20-11-9-19(21(25)17-20)10-12-23(29)27-15-13-26(14-16-27)22(28)8-4-7-18-5-2-1-3-6-18/h1-3,5-6,9,11,17H,4,7-8,10,12-16H2. The van der Waals surface area contributed by atoms with Crippen LogP contribution >= 0.6 is 23.2 Å². The van der Waals surface area contributed by atoms with Gasteiger partial charge in [0.1, 0.15) is 0 Å². The minimum absolute atomic E-state index is 0.104. The maximum absolute atomic E-state index is 12.5. The van der Waals surface area contributed by atoms with Crippen LogP contribution in [0.25, 0.3) is 0 Å². The largest absolute Gasteiger partial charge is 0.339 e. The van der Waals surface area contributed by atoms with Gasteiger partial charge in [-0.2, -0.15) is 0 Å². The summed E-state index contributed by atoms with van der Waals surface area (Å²) in [5, 5.41) is 1.19. The van der Waals surface area contributed by atoms with Crippen LogP contribution in [-0.4, -0.2) is 47.8 Å².